The SMILES string of the molecule is CCOc1ccc(F)c(OC2CCN(C(=O)c3ccccc3)CC2)c1. The molecule has 1 heterocycles. The van der Waals surface area contributed by atoms with Crippen molar-refractivity contribution in [2.45, 2.75) is 25.9 Å². The second-order valence-electron chi connectivity index (χ2n) is 6.00. The molecule has 5 heteroatoms. The highest BCUT2D eigenvalue weighted by Crippen LogP contribution is 2.27. The minimum atomic E-state index is -0.397. The normalized spacial score (nSPS) is 15.0. The molecule has 0 atom stereocenters. The number of nitrogens with zero attached hydrogens (tertiary/aromatic N) is 1. The molecule has 2 aromatic carbocycles. The quantitative estimate of drug-likeness (QED) is 0.826. The highest BCUT2D eigenvalue weighted by molar-refractivity contribution is 5.94. The number of likely N-dealkylation sites (tertiary alicyclic amines) is 1. The van der Waals surface area contributed by atoms with E-state index in [1.54, 1.807) is 12.1 Å². The lowest BCUT2D eigenvalue weighted by molar-refractivity contribution is 0.0588. The lowest BCUT2D eigenvalue weighted by Crippen LogP contribution is -2.41. The van der Waals surface area contributed by atoms with Crippen LogP contribution in [0, 0.1) is 5.82 Å². The zero-order valence-electron chi connectivity index (χ0n) is 14.3. The van der Waals surface area contributed by atoms with E-state index in [4.69, 9.17) is 9.47 Å². The molecule has 132 valence electrons. The van der Waals surface area contributed by atoms with Gasteiger partial charge in [-0.1, -0.05) is 18.2 Å². The lowest BCUT2D eigenvalue weighted by Gasteiger charge is -2.32. The van der Waals surface area contributed by atoms with Gasteiger partial charge in [-0.15, -0.1) is 0 Å². The molecule has 0 saturated carbocycles. The van der Waals surface area contributed by atoms with Crippen LogP contribution in [0.5, 0.6) is 11.5 Å². The van der Waals surface area contributed by atoms with Crippen molar-refractivity contribution < 1.29 is 18.7 Å². The van der Waals surface area contributed by atoms with Gasteiger partial charge in [-0.3, -0.25) is 4.79 Å². The van der Waals surface area contributed by atoms with Crippen LogP contribution < -0.4 is 9.47 Å². The maximum absolute atomic E-state index is 13.9. The molecule has 0 aliphatic carbocycles. The zero-order chi connectivity index (χ0) is 17.6. The average Bonchev–Trinajstić information content (AvgIpc) is 2.65. The first-order valence-electron chi connectivity index (χ1n) is 8.60. The number of rotatable bonds is 5. The van der Waals surface area contributed by atoms with Gasteiger partial charge in [0, 0.05) is 37.6 Å². The number of ether oxygens (including phenoxy) is 2. The summed E-state index contributed by atoms with van der Waals surface area (Å²) in [6.45, 7) is 3.60. The summed E-state index contributed by atoms with van der Waals surface area (Å²) >= 11 is 0. The molecule has 4 nitrogen and oxygen atoms in total. The Hall–Kier alpha value is -2.56. The topological polar surface area (TPSA) is 38.8 Å². The number of amides is 1. The van der Waals surface area contributed by atoms with E-state index in [0.29, 0.717) is 43.9 Å². The van der Waals surface area contributed by atoms with Gasteiger partial charge in [-0.2, -0.15) is 0 Å². The van der Waals surface area contributed by atoms with Crippen LogP contribution >= 0.6 is 0 Å². The molecule has 1 aliphatic rings. The van der Waals surface area contributed by atoms with E-state index < -0.39 is 5.82 Å². The molecule has 1 amide bonds. The third-order valence-electron chi connectivity index (χ3n) is 4.26. The van der Waals surface area contributed by atoms with Crippen LogP contribution in [0.15, 0.2) is 48.5 Å². The molecule has 0 radical (unpaired) electrons. The molecule has 2 aromatic rings. The summed E-state index contributed by atoms with van der Waals surface area (Å²) in [6, 6.07) is 13.8. The first-order valence-corrected chi connectivity index (χ1v) is 8.60. The Kier molecular flexibility index (Phi) is 5.53. The second kappa shape index (κ2) is 8.01. The zero-order valence-corrected chi connectivity index (χ0v) is 14.3. The highest BCUT2D eigenvalue weighted by Gasteiger charge is 2.25. The Labute approximate surface area is 147 Å². The number of carbonyl (C=O) groups is 1. The fraction of sp³-hybridized carbons (Fsp3) is 0.350. The number of hydrogen-bond acceptors (Lipinski definition) is 3. The van der Waals surface area contributed by atoms with Gasteiger partial charge in [0.2, 0.25) is 0 Å². The Bertz CT molecular complexity index is 712. The summed E-state index contributed by atoms with van der Waals surface area (Å²) in [5.74, 6) is 0.434. The van der Waals surface area contributed by atoms with Gasteiger partial charge >= 0.3 is 0 Å². The van der Waals surface area contributed by atoms with Crippen LogP contribution in [0.25, 0.3) is 0 Å². The van der Waals surface area contributed by atoms with Crippen LogP contribution in [-0.2, 0) is 0 Å². The summed E-state index contributed by atoms with van der Waals surface area (Å²) in [5.41, 5.74) is 0.692. The van der Waals surface area contributed by atoms with Crippen LogP contribution in [0.2, 0.25) is 0 Å². The third kappa shape index (κ3) is 4.29. The van der Waals surface area contributed by atoms with E-state index in [1.165, 1.54) is 6.07 Å². The largest absolute Gasteiger partial charge is 0.494 e. The fourth-order valence-electron chi connectivity index (χ4n) is 2.95. The molecule has 3 rings (SSSR count). The monoisotopic (exact) mass is 343 g/mol. The maximum atomic E-state index is 13.9. The predicted molar refractivity (Wildman–Crippen MR) is 93.6 cm³/mol. The predicted octanol–water partition coefficient (Wildman–Crippen LogP) is 3.91. The van der Waals surface area contributed by atoms with Crippen LogP contribution in [-0.4, -0.2) is 36.6 Å². The molecule has 25 heavy (non-hydrogen) atoms. The van der Waals surface area contributed by atoms with E-state index in [2.05, 4.69) is 0 Å². The lowest BCUT2D eigenvalue weighted by atomic mass is 10.1. The standard InChI is InChI=1S/C20H22FNO3/c1-2-24-17-8-9-18(21)19(14-17)25-16-10-12-22(13-11-16)20(23)15-6-4-3-5-7-15/h3-9,14,16H,2,10-13H2,1H3. The summed E-state index contributed by atoms with van der Waals surface area (Å²) < 4.78 is 25.1. The van der Waals surface area contributed by atoms with Crippen molar-refractivity contribution in [3.63, 3.8) is 0 Å². The van der Waals surface area contributed by atoms with Crippen molar-refractivity contribution in [2.24, 2.45) is 0 Å². The van der Waals surface area contributed by atoms with Crippen molar-refractivity contribution in [2.75, 3.05) is 19.7 Å². The number of hydrogen-bond donors (Lipinski definition) is 0. The van der Waals surface area contributed by atoms with Gasteiger partial charge in [0.1, 0.15) is 11.9 Å². The average molecular weight is 343 g/mol. The Morgan fingerprint density at radius 1 is 1.16 bits per heavy atom. The van der Waals surface area contributed by atoms with Crippen molar-refractivity contribution in [1.82, 2.24) is 4.90 Å². The molecular weight excluding hydrogens is 321 g/mol. The van der Waals surface area contributed by atoms with Crippen molar-refractivity contribution in [3.8, 4) is 11.5 Å². The molecule has 0 spiro atoms. The molecule has 0 bridgehead atoms. The van der Waals surface area contributed by atoms with Crippen molar-refractivity contribution in [1.29, 1.82) is 0 Å². The Morgan fingerprint density at radius 3 is 2.56 bits per heavy atom. The molecule has 1 aliphatic heterocycles. The van der Waals surface area contributed by atoms with Crippen molar-refractivity contribution >= 4 is 5.91 Å². The highest BCUT2D eigenvalue weighted by atomic mass is 19.1. The van der Waals surface area contributed by atoms with Gasteiger partial charge < -0.3 is 14.4 Å². The summed E-state index contributed by atoms with van der Waals surface area (Å²) in [6.07, 6.45) is 1.25. The van der Waals surface area contributed by atoms with E-state index in [0.717, 1.165) is 0 Å². The van der Waals surface area contributed by atoms with Crippen LogP contribution in [0.3, 0.4) is 0 Å². The van der Waals surface area contributed by atoms with Crippen LogP contribution in [0.4, 0.5) is 4.39 Å². The molecule has 1 saturated heterocycles. The van der Waals surface area contributed by atoms with Crippen molar-refractivity contribution in [3.05, 3.63) is 59.9 Å². The minimum Gasteiger partial charge on any atom is -0.494 e. The van der Waals surface area contributed by atoms with E-state index in [1.807, 2.05) is 42.2 Å². The van der Waals surface area contributed by atoms with E-state index in [-0.39, 0.29) is 17.8 Å². The number of halogens is 1. The van der Waals surface area contributed by atoms with Gasteiger partial charge in [0.05, 0.1) is 6.61 Å². The third-order valence-corrected chi connectivity index (χ3v) is 4.26. The Morgan fingerprint density at radius 2 is 1.88 bits per heavy atom. The number of piperidine rings is 1. The fourth-order valence-corrected chi connectivity index (χ4v) is 2.95. The van der Waals surface area contributed by atoms with E-state index >= 15 is 0 Å². The summed E-state index contributed by atoms with van der Waals surface area (Å²) in [5, 5.41) is 0. The maximum Gasteiger partial charge on any atom is 0.253 e. The molecule has 0 aromatic heterocycles. The molecular formula is C20H22FNO3. The second-order valence-corrected chi connectivity index (χ2v) is 6.00. The molecule has 0 unspecified atom stereocenters. The van der Waals surface area contributed by atoms with Gasteiger partial charge in [-0.25, -0.2) is 4.39 Å². The first-order chi connectivity index (χ1) is 12.2. The smallest absolute Gasteiger partial charge is 0.253 e. The van der Waals surface area contributed by atoms with Gasteiger partial charge in [0.25, 0.3) is 5.91 Å². The summed E-state index contributed by atoms with van der Waals surface area (Å²) in [7, 11) is 0. The first kappa shape index (κ1) is 17.3. The number of benzene rings is 2. The van der Waals surface area contributed by atoms with Gasteiger partial charge in [-0.05, 0) is 31.2 Å². The Balaban J connectivity index is 1.58. The van der Waals surface area contributed by atoms with E-state index in [9.17, 15) is 9.18 Å². The van der Waals surface area contributed by atoms with Crippen LogP contribution in [0.1, 0.15) is 30.1 Å². The number of carbonyl (C=O) groups excluding carboxylic acids is 1. The molecule has 0 N–H and O–H groups in total. The van der Waals surface area contributed by atoms with Gasteiger partial charge in [0.15, 0.2) is 11.6 Å². The summed E-state index contributed by atoms with van der Waals surface area (Å²) in [4.78, 5) is 14.3. The minimum absolute atomic E-state index is 0.0311. The molecule has 1 fully saturated rings.